The summed E-state index contributed by atoms with van der Waals surface area (Å²) in [7, 11) is 0. The van der Waals surface area contributed by atoms with E-state index in [1.54, 1.807) is 12.3 Å². The fraction of sp³-hybridized carbons (Fsp3) is 0.467. The van der Waals surface area contributed by atoms with Crippen LogP contribution < -0.4 is 5.69 Å². The van der Waals surface area contributed by atoms with Gasteiger partial charge in [0.15, 0.2) is 0 Å². The van der Waals surface area contributed by atoms with E-state index in [2.05, 4.69) is 16.8 Å². The molecule has 4 aromatic rings. The molecule has 0 unspecified atom stereocenters. The second-order valence-corrected chi connectivity index (χ2v) is 12.3. The predicted octanol–water partition coefficient (Wildman–Crippen LogP) is 6.22. The largest absolute Gasteiger partial charge is 0.418 e. The minimum Gasteiger partial charge on any atom is -0.390 e. The summed E-state index contributed by atoms with van der Waals surface area (Å²) in [5, 5.41) is 12.3. The predicted molar refractivity (Wildman–Crippen MR) is 149 cm³/mol. The highest BCUT2D eigenvalue weighted by Crippen LogP contribution is 2.44. The van der Waals surface area contributed by atoms with E-state index < -0.39 is 17.4 Å². The first-order valence-corrected chi connectivity index (χ1v) is 14.8. The summed E-state index contributed by atoms with van der Waals surface area (Å²) in [6.07, 6.45) is 3.69. The number of imidazole rings is 1. The molecule has 1 saturated heterocycles. The first kappa shape index (κ1) is 27.2. The van der Waals surface area contributed by atoms with Crippen LogP contribution in [-0.4, -0.2) is 37.0 Å². The Morgan fingerprint density at radius 3 is 2.65 bits per heavy atom. The minimum absolute atomic E-state index is 0.0102. The molecule has 0 radical (unpaired) electrons. The monoisotopic (exact) mass is 570 g/mol. The molecule has 6 nitrogen and oxygen atoms in total. The van der Waals surface area contributed by atoms with Crippen molar-refractivity contribution < 1.29 is 18.3 Å². The molecule has 0 spiro atoms. The lowest BCUT2D eigenvalue weighted by Crippen LogP contribution is -2.34. The smallest absolute Gasteiger partial charge is 0.390 e. The molecule has 1 aliphatic carbocycles. The summed E-state index contributed by atoms with van der Waals surface area (Å²) in [5.41, 5.74) is 1.13. The van der Waals surface area contributed by atoms with E-state index in [9.17, 15) is 23.1 Å². The van der Waals surface area contributed by atoms with Gasteiger partial charge in [0, 0.05) is 36.8 Å². The average Bonchev–Trinajstić information content (AvgIpc) is 3.50. The molecule has 1 aromatic carbocycles. The van der Waals surface area contributed by atoms with Crippen LogP contribution in [0.5, 0.6) is 0 Å². The van der Waals surface area contributed by atoms with E-state index in [1.165, 1.54) is 28.2 Å². The molecule has 2 atom stereocenters. The van der Waals surface area contributed by atoms with E-state index in [1.807, 2.05) is 23.6 Å². The number of aliphatic hydroxyl groups excluding tert-OH is 1. The quantitative estimate of drug-likeness (QED) is 0.287. The van der Waals surface area contributed by atoms with Crippen molar-refractivity contribution in [3.05, 3.63) is 86.0 Å². The van der Waals surface area contributed by atoms with Crippen LogP contribution in [0.3, 0.4) is 0 Å². The lowest BCUT2D eigenvalue weighted by molar-refractivity contribution is -0.136. The number of halogens is 3. The van der Waals surface area contributed by atoms with Crippen LogP contribution in [-0.2, 0) is 19.3 Å². The number of nitrogens with zero attached hydrogens (tertiary/aromatic N) is 4. The van der Waals surface area contributed by atoms with Crippen LogP contribution in [0.15, 0.2) is 52.9 Å². The average molecular weight is 571 g/mol. The first-order chi connectivity index (χ1) is 19.2. The molecular weight excluding hydrogens is 537 g/mol. The number of thiazole rings is 1. The zero-order valence-electron chi connectivity index (χ0n) is 22.4. The number of fused-ring (bicyclic) bond motifs is 1. The van der Waals surface area contributed by atoms with Crippen LogP contribution in [0, 0.1) is 11.8 Å². The molecule has 2 aliphatic rings. The fourth-order valence-corrected chi connectivity index (χ4v) is 7.26. The summed E-state index contributed by atoms with van der Waals surface area (Å²) in [5.74, 6) is 0.907. The molecule has 0 amide bonds. The number of piperidine rings is 1. The summed E-state index contributed by atoms with van der Waals surface area (Å²) in [6, 6.07) is 8.69. The number of aliphatic hydroxyl groups is 1. The van der Waals surface area contributed by atoms with Crippen LogP contribution in [0.25, 0.3) is 11.2 Å². The molecule has 0 bridgehead atoms. The van der Waals surface area contributed by atoms with Crippen molar-refractivity contribution in [1.82, 2.24) is 18.9 Å². The summed E-state index contributed by atoms with van der Waals surface area (Å²) in [6.45, 7) is 4.09. The van der Waals surface area contributed by atoms with Crippen LogP contribution in [0.4, 0.5) is 13.2 Å². The third kappa shape index (κ3) is 5.24. The van der Waals surface area contributed by atoms with Gasteiger partial charge in [0.2, 0.25) is 0 Å². The van der Waals surface area contributed by atoms with Gasteiger partial charge in [-0.25, -0.2) is 9.78 Å². The van der Waals surface area contributed by atoms with Gasteiger partial charge in [-0.05, 0) is 73.4 Å². The third-order valence-corrected chi connectivity index (χ3v) is 9.38. The zero-order valence-corrected chi connectivity index (χ0v) is 23.2. The summed E-state index contributed by atoms with van der Waals surface area (Å²) in [4.78, 5) is 20.4. The van der Waals surface area contributed by atoms with Crippen LogP contribution in [0.2, 0.25) is 0 Å². The number of rotatable bonds is 7. The minimum atomic E-state index is -4.60. The molecule has 4 heterocycles. The number of hydrogen-bond acceptors (Lipinski definition) is 5. The number of pyridine rings is 1. The van der Waals surface area contributed by atoms with Crippen molar-refractivity contribution in [3.8, 4) is 5.69 Å². The van der Waals surface area contributed by atoms with Gasteiger partial charge in [-0.1, -0.05) is 25.5 Å². The molecule has 6 rings (SSSR count). The Labute approximate surface area is 234 Å². The molecule has 1 N–H and O–H groups in total. The number of likely N-dealkylation sites (tertiary alicyclic amines) is 1. The zero-order chi connectivity index (χ0) is 28.0. The van der Waals surface area contributed by atoms with Crippen molar-refractivity contribution in [3.63, 3.8) is 0 Å². The number of aromatic nitrogens is 3. The van der Waals surface area contributed by atoms with Gasteiger partial charge in [0.1, 0.15) is 5.01 Å². The summed E-state index contributed by atoms with van der Waals surface area (Å²) < 4.78 is 45.2. The summed E-state index contributed by atoms with van der Waals surface area (Å²) >= 11 is 1.51. The molecular formula is C30H33F3N4O2S. The van der Waals surface area contributed by atoms with Gasteiger partial charge in [0.25, 0.3) is 0 Å². The SMILES string of the molecule is C[C@H]1CCCN(Cc2cc(C(F)(F)F)c3cn(-c4cccc([C@H](c5nc(CO)cs5)C5CCC5)c4)c(=O)n3c2)C1. The number of benzene rings is 1. The Balaban J connectivity index is 1.41. The van der Waals surface area contributed by atoms with Gasteiger partial charge in [-0.2, -0.15) is 13.2 Å². The Kier molecular flexibility index (Phi) is 7.35. The topological polar surface area (TPSA) is 62.8 Å². The maximum absolute atomic E-state index is 14.2. The molecule has 212 valence electrons. The molecule has 2 fully saturated rings. The van der Waals surface area contributed by atoms with Crippen molar-refractivity contribution in [2.24, 2.45) is 11.8 Å². The molecule has 10 heteroatoms. The Morgan fingerprint density at radius 2 is 1.98 bits per heavy atom. The molecule has 1 saturated carbocycles. The molecule has 3 aromatic heterocycles. The Morgan fingerprint density at radius 1 is 1.15 bits per heavy atom. The van der Waals surface area contributed by atoms with Gasteiger partial charge < -0.3 is 5.11 Å². The molecule has 1 aliphatic heterocycles. The normalized spacial score (nSPS) is 19.7. The van der Waals surface area contributed by atoms with E-state index in [0.29, 0.717) is 35.3 Å². The van der Waals surface area contributed by atoms with Gasteiger partial charge >= 0.3 is 11.9 Å². The van der Waals surface area contributed by atoms with E-state index in [-0.39, 0.29) is 18.0 Å². The number of hydrogen-bond donors (Lipinski definition) is 1. The van der Waals surface area contributed by atoms with E-state index in [0.717, 1.165) is 60.2 Å². The maximum Gasteiger partial charge on any atom is 0.418 e. The first-order valence-electron chi connectivity index (χ1n) is 13.9. The highest BCUT2D eigenvalue weighted by molar-refractivity contribution is 7.09. The second kappa shape index (κ2) is 10.8. The van der Waals surface area contributed by atoms with E-state index in [4.69, 9.17) is 0 Å². The van der Waals surface area contributed by atoms with Gasteiger partial charge in [-0.3, -0.25) is 13.9 Å². The second-order valence-electron chi connectivity index (χ2n) is 11.4. The maximum atomic E-state index is 14.2. The van der Waals surface area contributed by atoms with Crippen LogP contribution in [0.1, 0.15) is 72.3 Å². The Hall–Kier alpha value is -2.95. The van der Waals surface area contributed by atoms with Gasteiger partial charge in [0.05, 0.1) is 29.1 Å². The lowest BCUT2D eigenvalue weighted by Gasteiger charge is -2.33. The van der Waals surface area contributed by atoms with Crippen molar-refractivity contribution >= 4 is 16.9 Å². The fourth-order valence-electron chi connectivity index (χ4n) is 6.23. The van der Waals surface area contributed by atoms with Gasteiger partial charge in [-0.15, -0.1) is 11.3 Å². The van der Waals surface area contributed by atoms with E-state index >= 15 is 0 Å². The standard InChI is InChI=1S/C30H33F3N4O2S/c1-19-5-4-10-35(13-19)14-20-11-25(30(31,32)33)26-16-36(29(39)37(26)15-20)24-9-3-8-22(12-24)27(21-6-2-7-21)28-34-23(17-38)18-40-28/h3,8-9,11-12,15-16,18-19,21,27,38H,2,4-7,10,13-14,17H2,1H3/t19-,27+/m0/s1. The third-order valence-electron chi connectivity index (χ3n) is 8.40. The van der Waals surface area contributed by atoms with Crippen LogP contribution >= 0.6 is 11.3 Å². The number of alkyl halides is 3. The van der Waals surface area contributed by atoms with Crippen molar-refractivity contribution in [2.75, 3.05) is 13.1 Å². The highest BCUT2D eigenvalue weighted by atomic mass is 32.1. The van der Waals surface area contributed by atoms with Crippen molar-refractivity contribution in [1.29, 1.82) is 0 Å². The molecule has 40 heavy (non-hydrogen) atoms. The Bertz CT molecular complexity index is 1570. The van der Waals surface area contributed by atoms with Crippen molar-refractivity contribution in [2.45, 2.75) is 64.3 Å². The highest BCUT2D eigenvalue weighted by Gasteiger charge is 2.35. The lowest BCUT2D eigenvalue weighted by atomic mass is 9.73.